The maximum absolute atomic E-state index is 13.5. The molecule has 1 saturated heterocycles. The van der Waals surface area contributed by atoms with Gasteiger partial charge in [0.2, 0.25) is 11.9 Å². The van der Waals surface area contributed by atoms with Gasteiger partial charge < -0.3 is 14.2 Å². The van der Waals surface area contributed by atoms with E-state index in [0.29, 0.717) is 30.1 Å². The molecule has 0 saturated carbocycles. The largest absolute Gasteiger partial charge is 0.467 e. The standard InChI is InChI=1S/C26H32N6O2S/c1-19-15-20(2)17-30(16-19)25-28-29-26(32(25)18-23-11-7-14-34-23)35-21(3)24(33)31(13-8-12-27)22-9-5-4-6-10-22/h4-7,9-11,14,19-21H,8,13,15-18H2,1-3H3. The van der Waals surface area contributed by atoms with Crippen molar-refractivity contribution in [1.82, 2.24) is 14.8 Å². The van der Waals surface area contributed by atoms with Gasteiger partial charge in [-0.25, -0.2) is 0 Å². The number of nitrogens with zero attached hydrogens (tertiary/aromatic N) is 6. The fraction of sp³-hybridized carbons (Fsp3) is 0.462. The molecule has 0 aliphatic carbocycles. The molecule has 1 amide bonds. The first kappa shape index (κ1) is 24.9. The summed E-state index contributed by atoms with van der Waals surface area (Å²) >= 11 is 1.39. The smallest absolute Gasteiger partial charge is 0.240 e. The summed E-state index contributed by atoms with van der Waals surface area (Å²) in [7, 11) is 0. The second-order valence-corrected chi connectivity index (χ2v) is 10.6. The number of hydrogen-bond acceptors (Lipinski definition) is 7. The average Bonchev–Trinajstić information content (AvgIpc) is 3.50. The molecule has 8 nitrogen and oxygen atoms in total. The van der Waals surface area contributed by atoms with E-state index in [9.17, 15) is 4.79 Å². The minimum atomic E-state index is -0.416. The van der Waals surface area contributed by atoms with Gasteiger partial charge in [-0.2, -0.15) is 5.26 Å². The third kappa shape index (κ3) is 6.06. The Balaban J connectivity index is 1.59. The first-order chi connectivity index (χ1) is 17.0. The summed E-state index contributed by atoms with van der Waals surface area (Å²) in [5.41, 5.74) is 0.786. The number of nitriles is 1. The van der Waals surface area contributed by atoms with E-state index in [1.165, 1.54) is 18.2 Å². The zero-order chi connectivity index (χ0) is 24.8. The van der Waals surface area contributed by atoms with Crippen molar-refractivity contribution in [3.8, 4) is 6.07 Å². The summed E-state index contributed by atoms with van der Waals surface area (Å²) in [5.74, 6) is 2.70. The lowest BCUT2D eigenvalue weighted by molar-refractivity contribution is -0.117. The van der Waals surface area contributed by atoms with Crippen molar-refractivity contribution in [2.24, 2.45) is 11.8 Å². The molecular weight excluding hydrogens is 460 g/mol. The van der Waals surface area contributed by atoms with E-state index in [1.54, 1.807) is 11.2 Å². The van der Waals surface area contributed by atoms with Crippen LogP contribution in [0.15, 0.2) is 58.3 Å². The molecule has 4 rings (SSSR count). The highest BCUT2D eigenvalue weighted by atomic mass is 32.2. The second kappa shape index (κ2) is 11.5. The van der Waals surface area contributed by atoms with Crippen molar-refractivity contribution in [1.29, 1.82) is 5.26 Å². The van der Waals surface area contributed by atoms with Gasteiger partial charge in [0.05, 0.1) is 30.5 Å². The Morgan fingerprint density at radius 3 is 2.60 bits per heavy atom. The number of piperidine rings is 1. The number of furan rings is 1. The molecule has 3 heterocycles. The molecule has 35 heavy (non-hydrogen) atoms. The maximum Gasteiger partial charge on any atom is 0.240 e. The molecule has 9 heteroatoms. The maximum atomic E-state index is 13.5. The Morgan fingerprint density at radius 1 is 1.20 bits per heavy atom. The van der Waals surface area contributed by atoms with Crippen LogP contribution in [0.4, 0.5) is 11.6 Å². The van der Waals surface area contributed by atoms with E-state index in [-0.39, 0.29) is 12.3 Å². The normalized spacial score (nSPS) is 18.7. The fourth-order valence-corrected chi connectivity index (χ4v) is 5.60. The Morgan fingerprint density at radius 2 is 1.94 bits per heavy atom. The third-order valence-corrected chi connectivity index (χ3v) is 7.22. The van der Waals surface area contributed by atoms with Gasteiger partial charge in [0, 0.05) is 25.3 Å². The van der Waals surface area contributed by atoms with Crippen LogP contribution in [0.1, 0.15) is 39.4 Å². The summed E-state index contributed by atoms with van der Waals surface area (Å²) in [6.45, 7) is 9.11. The number of carbonyl (C=O) groups excluding carboxylic acids is 1. The van der Waals surface area contributed by atoms with E-state index in [4.69, 9.17) is 9.68 Å². The molecule has 184 valence electrons. The number of rotatable bonds is 9. The van der Waals surface area contributed by atoms with Crippen molar-refractivity contribution in [3.05, 3.63) is 54.5 Å². The van der Waals surface area contributed by atoms with E-state index >= 15 is 0 Å². The quantitative estimate of drug-likeness (QED) is 0.395. The molecule has 2 aromatic heterocycles. The molecule has 1 aliphatic heterocycles. The van der Waals surface area contributed by atoms with Crippen LogP contribution in [0.5, 0.6) is 0 Å². The predicted molar refractivity (Wildman–Crippen MR) is 137 cm³/mol. The summed E-state index contributed by atoms with van der Waals surface area (Å²) in [6.07, 6.45) is 3.13. The van der Waals surface area contributed by atoms with E-state index in [2.05, 4.69) is 39.6 Å². The minimum Gasteiger partial charge on any atom is -0.467 e. The number of para-hydroxylation sites is 1. The number of carbonyl (C=O) groups is 1. The molecule has 3 aromatic rings. The topological polar surface area (TPSA) is 91.2 Å². The highest BCUT2D eigenvalue weighted by molar-refractivity contribution is 8.00. The molecule has 1 fully saturated rings. The van der Waals surface area contributed by atoms with Crippen LogP contribution in [0, 0.1) is 23.2 Å². The van der Waals surface area contributed by atoms with Gasteiger partial charge in [-0.1, -0.05) is 43.8 Å². The van der Waals surface area contributed by atoms with Crippen LogP contribution in [0.3, 0.4) is 0 Å². The highest BCUT2D eigenvalue weighted by Crippen LogP contribution is 2.31. The first-order valence-corrected chi connectivity index (χ1v) is 12.9. The Hall–Kier alpha value is -3.25. The van der Waals surface area contributed by atoms with Crippen LogP contribution in [-0.4, -0.2) is 45.6 Å². The van der Waals surface area contributed by atoms with E-state index in [1.807, 2.05) is 49.4 Å². The Labute approximate surface area is 210 Å². The van der Waals surface area contributed by atoms with Gasteiger partial charge in [-0.05, 0) is 49.4 Å². The molecule has 0 radical (unpaired) electrons. The zero-order valence-electron chi connectivity index (χ0n) is 20.5. The van der Waals surface area contributed by atoms with Crippen LogP contribution in [0.2, 0.25) is 0 Å². The molecular formula is C26H32N6O2S. The van der Waals surface area contributed by atoms with E-state index in [0.717, 1.165) is 30.5 Å². The van der Waals surface area contributed by atoms with Crippen molar-refractivity contribution >= 4 is 29.3 Å². The molecule has 1 aliphatic rings. The van der Waals surface area contributed by atoms with Crippen LogP contribution in [-0.2, 0) is 11.3 Å². The van der Waals surface area contributed by atoms with Crippen molar-refractivity contribution in [2.45, 2.75) is 50.6 Å². The van der Waals surface area contributed by atoms with Gasteiger partial charge >= 0.3 is 0 Å². The summed E-state index contributed by atoms with van der Waals surface area (Å²) in [4.78, 5) is 17.5. The molecule has 3 unspecified atom stereocenters. The number of anilines is 2. The fourth-order valence-electron chi connectivity index (χ4n) is 4.69. The number of amides is 1. The van der Waals surface area contributed by atoms with Gasteiger partial charge in [-0.15, -0.1) is 10.2 Å². The molecule has 0 spiro atoms. The lowest BCUT2D eigenvalue weighted by Gasteiger charge is -2.35. The van der Waals surface area contributed by atoms with Crippen LogP contribution in [0.25, 0.3) is 0 Å². The SMILES string of the molecule is CC1CC(C)CN(c2nnc(SC(C)C(=O)N(CCC#N)c3ccccc3)n2Cc2ccco2)C1. The van der Waals surface area contributed by atoms with Crippen molar-refractivity contribution < 1.29 is 9.21 Å². The molecule has 0 N–H and O–H groups in total. The summed E-state index contributed by atoms with van der Waals surface area (Å²) in [6, 6.07) is 15.4. The lowest BCUT2D eigenvalue weighted by Crippen LogP contribution is -2.40. The van der Waals surface area contributed by atoms with Gasteiger partial charge in [0.25, 0.3) is 0 Å². The minimum absolute atomic E-state index is 0.0641. The molecule has 1 aromatic carbocycles. The third-order valence-electron chi connectivity index (χ3n) is 6.15. The van der Waals surface area contributed by atoms with Crippen molar-refractivity contribution in [2.75, 3.05) is 29.4 Å². The molecule has 3 atom stereocenters. The second-order valence-electron chi connectivity index (χ2n) is 9.29. The lowest BCUT2D eigenvalue weighted by atomic mass is 9.92. The van der Waals surface area contributed by atoms with Crippen LogP contribution < -0.4 is 9.80 Å². The highest BCUT2D eigenvalue weighted by Gasteiger charge is 2.29. The number of thioether (sulfide) groups is 1. The summed E-state index contributed by atoms with van der Waals surface area (Å²) in [5, 5.41) is 18.4. The monoisotopic (exact) mass is 492 g/mol. The number of hydrogen-bond donors (Lipinski definition) is 0. The average molecular weight is 493 g/mol. The predicted octanol–water partition coefficient (Wildman–Crippen LogP) is 4.83. The van der Waals surface area contributed by atoms with Gasteiger partial charge in [0.1, 0.15) is 5.76 Å². The van der Waals surface area contributed by atoms with Crippen LogP contribution >= 0.6 is 11.8 Å². The number of aromatic nitrogens is 3. The Kier molecular flexibility index (Phi) is 8.13. The van der Waals surface area contributed by atoms with Gasteiger partial charge in [-0.3, -0.25) is 9.36 Å². The number of benzene rings is 1. The Bertz CT molecular complexity index is 1130. The molecule has 0 bridgehead atoms. The van der Waals surface area contributed by atoms with E-state index < -0.39 is 5.25 Å². The zero-order valence-corrected chi connectivity index (χ0v) is 21.3. The summed E-state index contributed by atoms with van der Waals surface area (Å²) < 4.78 is 7.68. The first-order valence-electron chi connectivity index (χ1n) is 12.1. The van der Waals surface area contributed by atoms with Crippen molar-refractivity contribution in [3.63, 3.8) is 0 Å². The van der Waals surface area contributed by atoms with Gasteiger partial charge in [0.15, 0.2) is 5.16 Å².